The molecule has 0 spiro atoms. The second-order valence-corrected chi connectivity index (χ2v) is 8.70. The molecule has 158 valence electrons. The number of ether oxygens (including phenoxy) is 1. The van der Waals surface area contributed by atoms with Gasteiger partial charge in [0.2, 0.25) is 0 Å². The molecule has 0 unspecified atom stereocenters. The summed E-state index contributed by atoms with van der Waals surface area (Å²) in [5.74, 6) is 1.11. The van der Waals surface area contributed by atoms with Crippen LogP contribution in [0.3, 0.4) is 0 Å². The highest BCUT2D eigenvalue weighted by Crippen LogP contribution is 2.31. The van der Waals surface area contributed by atoms with E-state index in [1.165, 1.54) is 11.8 Å². The van der Waals surface area contributed by atoms with E-state index in [2.05, 4.69) is 18.8 Å². The molecular weight excluding hydrogens is 408 g/mol. The zero-order valence-electron chi connectivity index (χ0n) is 17.5. The number of rotatable bonds is 7. The number of aliphatic imine (C=N–C) groups is 1. The number of nitrogens with zero attached hydrogens (tertiary/aromatic N) is 3. The van der Waals surface area contributed by atoms with Gasteiger partial charge in [0.15, 0.2) is 5.17 Å². The van der Waals surface area contributed by atoms with Crippen LogP contribution in [-0.4, -0.2) is 27.5 Å². The van der Waals surface area contributed by atoms with Crippen LogP contribution in [0.1, 0.15) is 25.8 Å². The van der Waals surface area contributed by atoms with E-state index in [4.69, 9.17) is 15.6 Å². The van der Waals surface area contributed by atoms with Crippen molar-refractivity contribution in [1.82, 2.24) is 9.78 Å². The number of amides is 1. The summed E-state index contributed by atoms with van der Waals surface area (Å²) in [5.41, 5.74) is 9.16. The van der Waals surface area contributed by atoms with Gasteiger partial charge in [-0.25, -0.2) is 4.68 Å². The molecule has 0 aliphatic carbocycles. The van der Waals surface area contributed by atoms with Crippen molar-refractivity contribution in [1.29, 1.82) is 0 Å². The highest BCUT2D eigenvalue weighted by Gasteiger charge is 2.21. The van der Waals surface area contributed by atoms with Crippen LogP contribution in [0.4, 0.5) is 0 Å². The lowest BCUT2D eigenvalue weighted by Crippen LogP contribution is -2.01. The van der Waals surface area contributed by atoms with Crippen molar-refractivity contribution < 1.29 is 9.53 Å². The van der Waals surface area contributed by atoms with Gasteiger partial charge in [-0.15, -0.1) is 0 Å². The summed E-state index contributed by atoms with van der Waals surface area (Å²) >= 11 is 1.17. The van der Waals surface area contributed by atoms with E-state index in [1.807, 2.05) is 65.5 Å². The van der Waals surface area contributed by atoms with Crippen LogP contribution in [0.25, 0.3) is 23.0 Å². The van der Waals surface area contributed by atoms with Crippen LogP contribution in [0.15, 0.2) is 70.7 Å². The number of carbonyl (C=O) groups is 1. The van der Waals surface area contributed by atoms with E-state index in [-0.39, 0.29) is 11.1 Å². The molecule has 7 heteroatoms. The van der Waals surface area contributed by atoms with Crippen LogP contribution in [0, 0.1) is 5.92 Å². The molecular formula is C24H24N4O2S. The summed E-state index contributed by atoms with van der Waals surface area (Å²) in [6, 6.07) is 17.7. The summed E-state index contributed by atoms with van der Waals surface area (Å²) in [7, 11) is 0. The van der Waals surface area contributed by atoms with Crippen LogP contribution >= 0.6 is 11.8 Å². The van der Waals surface area contributed by atoms with Crippen LogP contribution < -0.4 is 10.5 Å². The molecule has 0 radical (unpaired) electrons. The molecule has 0 atom stereocenters. The molecule has 6 nitrogen and oxygen atoms in total. The van der Waals surface area contributed by atoms with Gasteiger partial charge in [0.1, 0.15) is 5.75 Å². The molecule has 0 saturated heterocycles. The summed E-state index contributed by atoms with van der Waals surface area (Å²) in [6.45, 7) is 5.05. The summed E-state index contributed by atoms with van der Waals surface area (Å²) in [6.07, 6.45) is 4.72. The molecule has 1 aliphatic rings. The first-order valence-corrected chi connectivity index (χ1v) is 11.0. The molecule has 0 fully saturated rings. The Hall–Kier alpha value is -3.32. The van der Waals surface area contributed by atoms with Gasteiger partial charge >= 0.3 is 0 Å². The Labute approximate surface area is 185 Å². The number of carbonyl (C=O) groups excluding carboxylic acids is 1. The quantitative estimate of drug-likeness (QED) is 0.537. The fraction of sp³-hybridized carbons (Fsp3) is 0.208. The van der Waals surface area contributed by atoms with Gasteiger partial charge in [-0.3, -0.25) is 4.79 Å². The largest absolute Gasteiger partial charge is 0.494 e. The topological polar surface area (TPSA) is 82.5 Å². The van der Waals surface area contributed by atoms with Crippen molar-refractivity contribution in [3.8, 4) is 22.7 Å². The first kappa shape index (κ1) is 20.9. The fourth-order valence-corrected chi connectivity index (χ4v) is 3.79. The van der Waals surface area contributed by atoms with Crippen molar-refractivity contribution in [2.45, 2.75) is 20.3 Å². The Kier molecular flexibility index (Phi) is 6.23. The second-order valence-electron chi connectivity index (χ2n) is 7.63. The summed E-state index contributed by atoms with van der Waals surface area (Å²) < 4.78 is 7.64. The third kappa shape index (κ3) is 5.06. The van der Waals surface area contributed by atoms with E-state index in [0.29, 0.717) is 17.4 Å². The standard InChI is InChI=1S/C24H24N4O2S/c1-16(2)12-13-30-20-10-8-17(9-11-20)22-18(14-21-23(29)26-24(25)31-21)15-28(27-22)19-6-4-3-5-7-19/h3-11,14-16H,12-13H2,1-2H3,(H2,25,26,29)/b21-14-. The third-order valence-electron chi connectivity index (χ3n) is 4.78. The Morgan fingerprint density at radius 2 is 1.87 bits per heavy atom. The molecule has 1 aromatic heterocycles. The van der Waals surface area contributed by atoms with Crippen LogP contribution in [0.5, 0.6) is 5.75 Å². The molecule has 31 heavy (non-hydrogen) atoms. The molecule has 2 aromatic carbocycles. The van der Waals surface area contributed by atoms with Crippen molar-refractivity contribution in [3.05, 3.63) is 71.3 Å². The van der Waals surface area contributed by atoms with E-state index in [9.17, 15) is 4.79 Å². The number of nitrogens with two attached hydrogens (primary N) is 1. The lowest BCUT2D eigenvalue weighted by atomic mass is 10.1. The highest BCUT2D eigenvalue weighted by atomic mass is 32.2. The zero-order chi connectivity index (χ0) is 21.8. The molecule has 4 rings (SSSR count). The number of benzene rings is 2. The maximum Gasteiger partial charge on any atom is 0.286 e. The maximum absolute atomic E-state index is 12.1. The Bertz CT molecular complexity index is 1130. The van der Waals surface area contributed by atoms with Gasteiger partial charge < -0.3 is 10.5 Å². The highest BCUT2D eigenvalue weighted by molar-refractivity contribution is 8.18. The normalized spacial score (nSPS) is 15.0. The predicted octanol–water partition coefficient (Wildman–Crippen LogP) is 4.89. The molecule has 1 amide bonds. The average molecular weight is 433 g/mol. The number of hydrogen-bond acceptors (Lipinski definition) is 5. The van der Waals surface area contributed by atoms with Crippen molar-refractivity contribution in [3.63, 3.8) is 0 Å². The number of para-hydroxylation sites is 1. The zero-order valence-corrected chi connectivity index (χ0v) is 18.3. The monoisotopic (exact) mass is 432 g/mol. The van der Waals surface area contributed by atoms with E-state index >= 15 is 0 Å². The number of thioether (sulfide) groups is 1. The van der Waals surface area contributed by atoms with E-state index in [1.54, 1.807) is 6.08 Å². The average Bonchev–Trinajstić information content (AvgIpc) is 3.32. The molecule has 0 saturated carbocycles. The first-order valence-electron chi connectivity index (χ1n) is 10.2. The van der Waals surface area contributed by atoms with Gasteiger partial charge in [0.05, 0.1) is 22.9 Å². The minimum atomic E-state index is -0.324. The van der Waals surface area contributed by atoms with Gasteiger partial charge in [-0.05, 0) is 66.6 Å². The Balaban J connectivity index is 1.66. The SMILES string of the molecule is CC(C)CCOc1ccc(-c2nn(-c3ccccc3)cc2/C=C2\SC(N)=NC2=O)cc1. The number of aromatic nitrogens is 2. The molecule has 2 N–H and O–H groups in total. The summed E-state index contributed by atoms with van der Waals surface area (Å²) in [5, 5.41) is 5.05. The molecule has 0 bridgehead atoms. The van der Waals surface area contributed by atoms with Gasteiger partial charge in [-0.1, -0.05) is 32.0 Å². The van der Waals surface area contributed by atoms with Crippen molar-refractivity contribution in [2.75, 3.05) is 6.61 Å². The number of hydrogen-bond donors (Lipinski definition) is 1. The first-order chi connectivity index (χ1) is 15.0. The van der Waals surface area contributed by atoms with Gasteiger partial charge in [-0.2, -0.15) is 10.1 Å². The smallest absolute Gasteiger partial charge is 0.286 e. The minimum Gasteiger partial charge on any atom is -0.494 e. The van der Waals surface area contributed by atoms with Crippen molar-refractivity contribution in [2.24, 2.45) is 16.6 Å². The Morgan fingerprint density at radius 3 is 2.52 bits per heavy atom. The third-order valence-corrected chi connectivity index (χ3v) is 5.59. The lowest BCUT2D eigenvalue weighted by molar-refractivity contribution is -0.113. The second kappa shape index (κ2) is 9.22. The van der Waals surface area contributed by atoms with Crippen LogP contribution in [-0.2, 0) is 4.79 Å². The molecule has 1 aliphatic heterocycles. The minimum absolute atomic E-state index is 0.260. The van der Waals surface area contributed by atoms with E-state index < -0.39 is 0 Å². The fourth-order valence-electron chi connectivity index (χ4n) is 3.12. The molecule has 3 aromatic rings. The maximum atomic E-state index is 12.1. The summed E-state index contributed by atoms with van der Waals surface area (Å²) in [4.78, 5) is 16.4. The van der Waals surface area contributed by atoms with Gasteiger partial charge in [0.25, 0.3) is 5.91 Å². The number of amidine groups is 1. The van der Waals surface area contributed by atoms with E-state index in [0.717, 1.165) is 34.7 Å². The predicted molar refractivity (Wildman–Crippen MR) is 126 cm³/mol. The van der Waals surface area contributed by atoms with Crippen molar-refractivity contribution >= 4 is 28.9 Å². The molecule has 2 heterocycles. The Morgan fingerprint density at radius 1 is 1.13 bits per heavy atom. The lowest BCUT2D eigenvalue weighted by Gasteiger charge is -2.08. The van der Waals surface area contributed by atoms with Gasteiger partial charge in [0, 0.05) is 17.3 Å². The van der Waals surface area contributed by atoms with Crippen LogP contribution in [0.2, 0.25) is 0 Å².